The summed E-state index contributed by atoms with van der Waals surface area (Å²) < 4.78 is 9.65. The molecule has 0 aliphatic heterocycles. The molecule has 0 aliphatic carbocycles. The van der Waals surface area contributed by atoms with Crippen LogP contribution in [0.15, 0.2) is 42.7 Å². The fourth-order valence-corrected chi connectivity index (χ4v) is 4.43. The number of benzene rings is 1. The van der Waals surface area contributed by atoms with E-state index in [0.29, 0.717) is 55.1 Å². The van der Waals surface area contributed by atoms with E-state index >= 15 is 0 Å². The minimum Gasteiger partial charge on any atom is -0.467 e. The predicted octanol–water partition coefficient (Wildman–Crippen LogP) is 1.06. The SMILES string of the molecule is COC(=O)c1cc(N)cnc1NCCCC[C@H](NC(=O)c1ccc(N(C=O)Cc2cnc3nc(N)nc(N)c3n2)cc1)C(=O)OC. The number of nitrogen functional groups attached to an aromatic ring is 3. The van der Waals surface area contributed by atoms with Gasteiger partial charge in [-0.2, -0.15) is 9.97 Å². The summed E-state index contributed by atoms with van der Waals surface area (Å²) in [6.45, 7) is 0.484. The average Bonchev–Trinajstić information content (AvgIpc) is 3.06. The molecule has 240 valence electrons. The van der Waals surface area contributed by atoms with E-state index in [1.165, 1.54) is 49.7 Å². The molecule has 0 unspecified atom stereocenters. The zero-order chi connectivity index (χ0) is 33.2. The maximum absolute atomic E-state index is 13.0. The lowest BCUT2D eigenvalue weighted by atomic mass is 10.1. The fraction of sp³-hybridized carbons (Fsp3) is 0.276. The van der Waals surface area contributed by atoms with Gasteiger partial charge in [-0.25, -0.2) is 24.5 Å². The molecule has 0 fully saturated rings. The predicted molar refractivity (Wildman–Crippen MR) is 168 cm³/mol. The van der Waals surface area contributed by atoms with E-state index in [1.54, 1.807) is 12.1 Å². The molecule has 1 aromatic carbocycles. The van der Waals surface area contributed by atoms with Gasteiger partial charge in [-0.15, -0.1) is 0 Å². The number of pyridine rings is 1. The zero-order valence-electron chi connectivity index (χ0n) is 25.1. The molecule has 17 nitrogen and oxygen atoms in total. The van der Waals surface area contributed by atoms with E-state index in [1.807, 2.05) is 0 Å². The van der Waals surface area contributed by atoms with Crippen molar-refractivity contribution in [2.24, 2.45) is 0 Å². The Morgan fingerprint density at radius 2 is 1.74 bits per heavy atom. The highest BCUT2D eigenvalue weighted by molar-refractivity contribution is 5.97. The molecule has 0 aliphatic rings. The van der Waals surface area contributed by atoms with Crippen LogP contribution in [0.25, 0.3) is 11.2 Å². The van der Waals surface area contributed by atoms with Gasteiger partial charge in [0.2, 0.25) is 12.4 Å². The topological polar surface area (TPSA) is 257 Å². The van der Waals surface area contributed by atoms with Gasteiger partial charge >= 0.3 is 11.9 Å². The van der Waals surface area contributed by atoms with E-state index in [4.69, 9.17) is 26.7 Å². The molecule has 0 radical (unpaired) electrons. The van der Waals surface area contributed by atoms with Crippen LogP contribution in [0.4, 0.5) is 29.0 Å². The van der Waals surface area contributed by atoms with Gasteiger partial charge < -0.3 is 42.2 Å². The first-order chi connectivity index (χ1) is 22.1. The van der Waals surface area contributed by atoms with Gasteiger partial charge in [-0.05, 0) is 49.6 Å². The largest absolute Gasteiger partial charge is 0.467 e. The number of unbranched alkanes of at least 4 members (excludes halogenated alkanes) is 1. The molecule has 1 atom stereocenters. The van der Waals surface area contributed by atoms with Crippen LogP contribution in [0.3, 0.4) is 0 Å². The van der Waals surface area contributed by atoms with Crippen molar-refractivity contribution in [2.75, 3.05) is 48.2 Å². The third-order valence-electron chi connectivity index (χ3n) is 6.74. The number of fused-ring (bicyclic) bond motifs is 1. The third-order valence-corrected chi connectivity index (χ3v) is 6.74. The number of nitrogens with one attached hydrogen (secondary N) is 2. The van der Waals surface area contributed by atoms with Crippen LogP contribution >= 0.6 is 0 Å². The second-order valence-corrected chi connectivity index (χ2v) is 9.91. The van der Waals surface area contributed by atoms with Crippen LogP contribution in [0.2, 0.25) is 0 Å². The van der Waals surface area contributed by atoms with Crippen molar-refractivity contribution in [3.63, 3.8) is 0 Å². The monoisotopic (exact) mass is 631 g/mol. The molecule has 8 N–H and O–H groups in total. The Bertz CT molecular complexity index is 1740. The fourth-order valence-electron chi connectivity index (χ4n) is 4.43. The Balaban J connectivity index is 1.33. The van der Waals surface area contributed by atoms with Crippen molar-refractivity contribution >= 4 is 64.4 Å². The van der Waals surface area contributed by atoms with Gasteiger partial charge in [-0.3, -0.25) is 9.59 Å². The molecule has 0 saturated carbocycles. The summed E-state index contributed by atoms with van der Waals surface area (Å²) in [5.74, 6) is -1.30. The number of hydrogen-bond donors (Lipinski definition) is 5. The first-order valence-corrected chi connectivity index (χ1v) is 14.0. The maximum Gasteiger partial charge on any atom is 0.341 e. The van der Waals surface area contributed by atoms with Crippen LogP contribution in [-0.4, -0.2) is 76.0 Å². The van der Waals surface area contributed by atoms with Gasteiger partial charge in [0.15, 0.2) is 17.0 Å². The van der Waals surface area contributed by atoms with Crippen molar-refractivity contribution in [2.45, 2.75) is 31.8 Å². The molecular formula is C29H33N11O6. The number of esters is 2. The van der Waals surface area contributed by atoms with Gasteiger partial charge in [0, 0.05) is 17.8 Å². The molecule has 17 heteroatoms. The molecule has 46 heavy (non-hydrogen) atoms. The van der Waals surface area contributed by atoms with Crippen LogP contribution < -0.4 is 32.7 Å². The molecule has 0 bridgehead atoms. The molecule has 3 heterocycles. The standard InChI is InChI=1S/C29H33N11O6/c1-45-27(43)20-11-17(30)12-34-24(20)33-10-4-3-5-21(28(44)46-2)37-26(42)16-6-8-19(9-7-16)40(15-41)14-18-13-35-25-22(36-18)23(31)38-29(32)39-25/h6-9,11-13,15,21H,3-5,10,14,30H2,1-2H3,(H,33,34)(H,37,42)(H4,31,32,35,38,39)/t21-/m0/s1. The van der Waals surface area contributed by atoms with Gasteiger partial charge in [0.05, 0.1) is 44.5 Å². The summed E-state index contributed by atoms with van der Waals surface area (Å²) in [5, 5.41) is 5.77. The van der Waals surface area contributed by atoms with Crippen molar-refractivity contribution in [1.29, 1.82) is 0 Å². The highest BCUT2D eigenvalue weighted by Gasteiger charge is 2.22. The number of hydrogen-bond acceptors (Lipinski definition) is 15. The zero-order valence-corrected chi connectivity index (χ0v) is 25.1. The summed E-state index contributed by atoms with van der Waals surface area (Å²) in [6, 6.07) is 6.79. The van der Waals surface area contributed by atoms with Crippen molar-refractivity contribution in [3.8, 4) is 0 Å². The first-order valence-electron chi connectivity index (χ1n) is 14.0. The number of nitrogens with zero attached hydrogens (tertiary/aromatic N) is 6. The minimum atomic E-state index is -0.901. The summed E-state index contributed by atoms with van der Waals surface area (Å²) in [4.78, 5) is 71.3. The van der Waals surface area contributed by atoms with Crippen molar-refractivity contribution < 1.29 is 28.7 Å². The number of methoxy groups -OCH3 is 2. The lowest BCUT2D eigenvalue weighted by Gasteiger charge is -2.19. The van der Waals surface area contributed by atoms with E-state index < -0.39 is 23.9 Å². The van der Waals surface area contributed by atoms with Gasteiger partial charge in [-0.1, -0.05) is 0 Å². The second-order valence-electron chi connectivity index (χ2n) is 9.91. The number of aromatic nitrogens is 5. The Kier molecular flexibility index (Phi) is 10.7. The van der Waals surface area contributed by atoms with Gasteiger partial charge in [0.1, 0.15) is 17.4 Å². The van der Waals surface area contributed by atoms with Crippen molar-refractivity contribution in [3.05, 3.63) is 59.5 Å². The third kappa shape index (κ3) is 8.07. The molecule has 0 spiro atoms. The molecule has 4 rings (SSSR count). The summed E-state index contributed by atoms with van der Waals surface area (Å²) in [7, 11) is 2.50. The second kappa shape index (κ2) is 15.0. The average molecular weight is 632 g/mol. The van der Waals surface area contributed by atoms with E-state index in [2.05, 4.69) is 35.6 Å². The number of nitrogens with two attached hydrogens (primary N) is 3. The van der Waals surface area contributed by atoms with Crippen LogP contribution in [0, 0.1) is 0 Å². The molecule has 4 aromatic rings. The maximum atomic E-state index is 13.0. The van der Waals surface area contributed by atoms with Gasteiger partial charge in [0.25, 0.3) is 5.91 Å². The Morgan fingerprint density at radius 3 is 2.43 bits per heavy atom. The first kappa shape index (κ1) is 32.8. The Morgan fingerprint density at radius 1 is 0.978 bits per heavy atom. The number of amides is 2. The summed E-state index contributed by atoms with van der Waals surface area (Å²) >= 11 is 0. The number of rotatable bonds is 14. The molecule has 3 aromatic heterocycles. The molecule has 2 amide bonds. The number of carbonyl (C=O) groups excluding carboxylic acids is 4. The lowest BCUT2D eigenvalue weighted by molar-refractivity contribution is -0.143. The lowest BCUT2D eigenvalue weighted by Crippen LogP contribution is -2.41. The smallest absolute Gasteiger partial charge is 0.341 e. The minimum absolute atomic E-state index is 0.0270. The Hall–Kier alpha value is -6.13. The summed E-state index contributed by atoms with van der Waals surface area (Å²) in [5.41, 5.74) is 19.4. The highest BCUT2D eigenvalue weighted by atomic mass is 16.5. The molecular weight excluding hydrogens is 598 g/mol. The normalized spacial score (nSPS) is 11.3. The Labute approximate surface area is 262 Å². The number of anilines is 5. The van der Waals surface area contributed by atoms with E-state index in [-0.39, 0.29) is 40.6 Å². The highest BCUT2D eigenvalue weighted by Crippen LogP contribution is 2.20. The quantitative estimate of drug-likeness (QED) is 0.0740. The molecule has 0 saturated heterocycles. The van der Waals surface area contributed by atoms with E-state index in [9.17, 15) is 19.2 Å². The summed E-state index contributed by atoms with van der Waals surface area (Å²) in [6.07, 6.45) is 4.90. The van der Waals surface area contributed by atoms with E-state index in [0.717, 1.165) is 0 Å². The van der Waals surface area contributed by atoms with Crippen molar-refractivity contribution in [1.82, 2.24) is 30.2 Å². The van der Waals surface area contributed by atoms with Crippen LogP contribution in [0.5, 0.6) is 0 Å². The number of ether oxygens (including phenoxy) is 2. The van der Waals surface area contributed by atoms with Crippen LogP contribution in [-0.2, 0) is 25.6 Å². The van der Waals surface area contributed by atoms with Crippen LogP contribution in [0.1, 0.15) is 45.7 Å². The number of carbonyl (C=O) groups is 4.